The monoisotopic (exact) mass is 338 g/mol. The molecule has 0 amide bonds. The molecule has 0 aliphatic rings. The van der Waals surface area contributed by atoms with Gasteiger partial charge in [0, 0.05) is 0 Å². The summed E-state index contributed by atoms with van der Waals surface area (Å²) in [5, 5.41) is 0. The molecule has 0 aliphatic carbocycles. The van der Waals surface area contributed by atoms with E-state index >= 15 is 0 Å². The van der Waals surface area contributed by atoms with Gasteiger partial charge in [0.25, 0.3) is 0 Å². The summed E-state index contributed by atoms with van der Waals surface area (Å²) < 4.78 is 1.93. The standard InChI is InChI=1S/C8H8S.2CH3.2ClH.Ru/c1-7-3-5-8(9-2)6-4-7;;;;;/h2-6H,1H3;2*1H3;2*1H;/q;2*-1;;;+2/p-2. The number of thioether (sulfide) groups is 1. The van der Waals surface area contributed by atoms with Crippen LogP contribution in [-0.4, -0.2) is 3.94 Å². The van der Waals surface area contributed by atoms with Crippen LogP contribution in [0.5, 0.6) is 0 Å². The maximum absolute atomic E-state index is 5.69. The SMILES string of the molecule is Cc1ccc(S[CH]=[Ru]([Cl])[Cl])cc1.[CH3-].[CH3-]. The summed E-state index contributed by atoms with van der Waals surface area (Å²) in [6.45, 7) is 2.07. The third-order valence-electron chi connectivity index (χ3n) is 1.26. The Morgan fingerprint density at radius 3 is 2.07 bits per heavy atom. The van der Waals surface area contributed by atoms with Crippen LogP contribution >= 0.6 is 31.1 Å². The second-order valence-corrected chi connectivity index (χ2v) is 9.54. The first-order chi connectivity index (χ1) is 5.68. The molecule has 1 aromatic rings. The van der Waals surface area contributed by atoms with E-state index < -0.39 is 13.5 Å². The normalized spacial score (nSPS) is 9.50. The molecule has 1 aromatic carbocycles. The number of hydrogen-bond donors (Lipinski definition) is 0. The van der Waals surface area contributed by atoms with Gasteiger partial charge in [0.15, 0.2) is 0 Å². The molecule has 0 spiro atoms. The largest absolute Gasteiger partial charge is 0.358 e. The van der Waals surface area contributed by atoms with Gasteiger partial charge in [0.1, 0.15) is 0 Å². The molecule has 1 rings (SSSR count). The van der Waals surface area contributed by atoms with Crippen LogP contribution in [0.15, 0.2) is 29.2 Å². The van der Waals surface area contributed by atoms with Crippen molar-refractivity contribution in [2.24, 2.45) is 0 Å². The summed E-state index contributed by atoms with van der Waals surface area (Å²) in [7, 11) is 11.4. The quantitative estimate of drug-likeness (QED) is 0.429. The van der Waals surface area contributed by atoms with Gasteiger partial charge < -0.3 is 14.9 Å². The van der Waals surface area contributed by atoms with Gasteiger partial charge in [-0.3, -0.25) is 0 Å². The summed E-state index contributed by atoms with van der Waals surface area (Å²) in [4.78, 5) is 1.20. The summed E-state index contributed by atoms with van der Waals surface area (Å²) in [6, 6.07) is 8.30. The summed E-state index contributed by atoms with van der Waals surface area (Å²) in [5.74, 6) is 0. The van der Waals surface area contributed by atoms with Crippen molar-refractivity contribution in [2.45, 2.75) is 11.8 Å². The van der Waals surface area contributed by atoms with E-state index in [9.17, 15) is 0 Å². The fraction of sp³-hybridized carbons (Fsp3) is 0.100. The van der Waals surface area contributed by atoms with Crippen LogP contribution in [0.4, 0.5) is 0 Å². The predicted molar refractivity (Wildman–Crippen MR) is 67.6 cm³/mol. The van der Waals surface area contributed by atoms with E-state index in [1.165, 1.54) is 10.5 Å². The maximum atomic E-state index is 5.69. The zero-order valence-electron chi connectivity index (χ0n) is 8.40. The first-order valence-electron chi connectivity index (χ1n) is 3.23. The van der Waals surface area contributed by atoms with Gasteiger partial charge in [0.2, 0.25) is 0 Å². The molecular weight excluding hydrogens is 324 g/mol. The summed E-state index contributed by atoms with van der Waals surface area (Å²) >= 11 is 0.00459. The van der Waals surface area contributed by atoms with Gasteiger partial charge in [-0.15, -0.1) is 0 Å². The van der Waals surface area contributed by atoms with Crippen molar-refractivity contribution < 1.29 is 13.5 Å². The van der Waals surface area contributed by atoms with Gasteiger partial charge in [-0.2, -0.15) is 0 Å². The minimum absolute atomic E-state index is 0. The zero-order chi connectivity index (χ0) is 8.97. The van der Waals surface area contributed by atoms with Gasteiger partial charge in [-0.05, 0) is 0 Å². The number of rotatable bonds is 2. The Morgan fingerprint density at radius 2 is 1.64 bits per heavy atom. The molecule has 14 heavy (non-hydrogen) atoms. The number of hydrogen-bond acceptors (Lipinski definition) is 1. The molecule has 4 heteroatoms. The Kier molecular flexibility index (Phi) is 10.9. The molecule has 0 heterocycles. The van der Waals surface area contributed by atoms with E-state index in [4.69, 9.17) is 19.4 Å². The molecule has 0 atom stereocenters. The third kappa shape index (κ3) is 7.00. The maximum Gasteiger partial charge on any atom is -0.358 e. The average molecular weight is 338 g/mol. The molecule has 0 N–H and O–H groups in total. The van der Waals surface area contributed by atoms with Crippen molar-refractivity contribution in [1.82, 2.24) is 0 Å². The smallest absolute Gasteiger partial charge is 0.358 e. The van der Waals surface area contributed by atoms with Crippen LogP contribution < -0.4 is 0 Å². The Bertz CT molecular complexity index is 279. The summed E-state index contributed by atoms with van der Waals surface area (Å²) in [6.07, 6.45) is 0. The van der Waals surface area contributed by atoms with Crippen LogP contribution in [0.1, 0.15) is 5.56 Å². The molecular formula is C10H14Cl2RuS-2. The van der Waals surface area contributed by atoms with Crippen molar-refractivity contribution in [2.75, 3.05) is 0 Å². The van der Waals surface area contributed by atoms with Gasteiger partial charge in [-0.1, -0.05) is 0 Å². The Balaban J connectivity index is 0. The fourth-order valence-electron chi connectivity index (χ4n) is 0.696. The van der Waals surface area contributed by atoms with Crippen LogP contribution in [0.2, 0.25) is 0 Å². The predicted octanol–water partition coefficient (Wildman–Crippen LogP) is 4.67. The van der Waals surface area contributed by atoms with E-state index in [-0.39, 0.29) is 14.9 Å². The van der Waals surface area contributed by atoms with Crippen molar-refractivity contribution in [3.63, 3.8) is 0 Å². The van der Waals surface area contributed by atoms with Crippen molar-refractivity contribution >= 4 is 35.1 Å². The van der Waals surface area contributed by atoms with Gasteiger partial charge >= 0.3 is 90.3 Å². The molecule has 0 aromatic heterocycles. The zero-order valence-corrected chi connectivity index (χ0v) is 12.5. The molecule has 0 unspecified atom stereocenters. The van der Waals surface area contributed by atoms with E-state index in [0.717, 1.165) is 0 Å². The van der Waals surface area contributed by atoms with Crippen molar-refractivity contribution in [3.8, 4) is 0 Å². The Labute approximate surface area is 105 Å². The molecule has 0 radical (unpaired) electrons. The number of benzene rings is 1. The van der Waals surface area contributed by atoms with Gasteiger partial charge in [0.05, 0.1) is 0 Å². The summed E-state index contributed by atoms with van der Waals surface area (Å²) in [5.41, 5.74) is 1.27. The number of aryl methyl sites for hydroxylation is 1. The van der Waals surface area contributed by atoms with Crippen molar-refractivity contribution in [1.29, 1.82) is 0 Å². The first-order valence-corrected chi connectivity index (χ1v) is 9.59. The Hall–Kier alpha value is 0.643. The van der Waals surface area contributed by atoms with E-state index in [1.807, 2.05) is 3.94 Å². The minimum atomic E-state index is -1.61. The first kappa shape index (κ1) is 17.1. The van der Waals surface area contributed by atoms with E-state index in [1.54, 1.807) is 11.8 Å². The minimum Gasteiger partial charge on any atom is -0.358 e. The molecule has 0 fully saturated rings. The molecule has 0 saturated carbocycles. The number of halogens is 2. The van der Waals surface area contributed by atoms with E-state index in [2.05, 4.69) is 31.2 Å². The van der Waals surface area contributed by atoms with Crippen LogP contribution in [-0.2, 0) is 13.5 Å². The van der Waals surface area contributed by atoms with Gasteiger partial charge in [-0.25, -0.2) is 0 Å². The molecule has 0 nitrogen and oxygen atoms in total. The second-order valence-electron chi connectivity index (χ2n) is 2.22. The third-order valence-corrected chi connectivity index (χ3v) is 5.80. The molecule has 84 valence electrons. The van der Waals surface area contributed by atoms with Crippen LogP contribution in [0.25, 0.3) is 0 Å². The Morgan fingerprint density at radius 1 is 1.14 bits per heavy atom. The fourth-order valence-corrected chi connectivity index (χ4v) is 3.44. The van der Waals surface area contributed by atoms with Crippen molar-refractivity contribution in [3.05, 3.63) is 44.7 Å². The molecule has 0 aliphatic heterocycles. The second kappa shape index (κ2) is 8.91. The van der Waals surface area contributed by atoms with Crippen LogP contribution in [0, 0.1) is 21.8 Å². The molecule has 0 saturated heterocycles. The average Bonchev–Trinajstić information content (AvgIpc) is 2.03. The van der Waals surface area contributed by atoms with Crippen LogP contribution in [0.3, 0.4) is 0 Å². The van der Waals surface area contributed by atoms with E-state index in [0.29, 0.717) is 0 Å². The topological polar surface area (TPSA) is 0 Å². The molecule has 0 bridgehead atoms.